The average Bonchev–Trinajstić information content (AvgIpc) is 3.61. The van der Waals surface area contributed by atoms with Crippen LogP contribution < -0.4 is 0 Å². The molecule has 0 unspecified atom stereocenters. The van der Waals surface area contributed by atoms with Gasteiger partial charge in [0, 0.05) is 52.2 Å². The summed E-state index contributed by atoms with van der Waals surface area (Å²) >= 11 is 13.9. The normalized spacial score (nSPS) is 10.1. The maximum atomic E-state index is 9.02. The van der Waals surface area contributed by atoms with Crippen LogP contribution >= 0.6 is 36.7 Å². The predicted octanol–water partition coefficient (Wildman–Crippen LogP) is 7.20. The smallest absolute Gasteiger partial charge is 0.205 e. The van der Waals surface area contributed by atoms with Gasteiger partial charge in [0.25, 0.3) is 0 Å². The second-order valence-electron chi connectivity index (χ2n) is 7.73. The van der Waals surface area contributed by atoms with Gasteiger partial charge >= 0.3 is 0 Å². The molecule has 0 amide bonds. The number of nitrogens with one attached hydrogen (secondary N) is 3. The third-order valence-corrected chi connectivity index (χ3v) is 5.94. The van der Waals surface area contributed by atoms with E-state index >= 15 is 0 Å². The molecule has 0 atom stereocenters. The Labute approximate surface area is 241 Å². The molecule has 3 aromatic carbocycles. The van der Waals surface area contributed by atoms with Gasteiger partial charge in [-0.3, -0.25) is 0 Å². The molecule has 0 fully saturated rings. The number of aromatic amines is 3. The van der Waals surface area contributed by atoms with Crippen molar-refractivity contribution in [3.05, 3.63) is 108 Å². The Hall–Kier alpha value is -3.43. The molecular formula is C27H21N3O3RuS3. The third kappa shape index (κ3) is 7.08. The summed E-state index contributed by atoms with van der Waals surface area (Å²) in [5.41, 5.74) is 4.78. The van der Waals surface area contributed by atoms with Crippen molar-refractivity contribution in [2.45, 2.75) is 0 Å². The minimum atomic E-state index is -0.0915. The number of aliphatic hydroxyl groups excluding tert-OH is 3. The number of aromatic nitrogens is 3. The van der Waals surface area contributed by atoms with Crippen LogP contribution in [0.25, 0.3) is 32.7 Å². The molecule has 10 heteroatoms. The number of thiocarbonyl (C=S) groups is 3. The van der Waals surface area contributed by atoms with Crippen molar-refractivity contribution in [2.75, 3.05) is 0 Å². The van der Waals surface area contributed by atoms with Crippen LogP contribution in [0.15, 0.2) is 91.0 Å². The van der Waals surface area contributed by atoms with Crippen molar-refractivity contribution in [2.24, 2.45) is 0 Å². The van der Waals surface area contributed by atoms with Crippen molar-refractivity contribution in [1.82, 2.24) is 15.0 Å². The van der Waals surface area contributed by atoms with Gasteiger partial charge in [-0.25, -0.2) is 0 Å². The molecule has 6 N–H and O–H groups in total. The van der Waals surface area contributed by atoms with Gasteiger partial charge in [0.2, 0.25) is 15.2 Å². The van der Waals surface area contributed by atoms with Crippen molar-refractivity contribution in [3.8, 4) is 0 Å². The number of H-pyrrole nitrogens is 3. The minimum Gasteiger partial charge on any atom is -0.497 e. The first-order chi connectivity index (χ1) is 17.3. The zero-order valence-electron chi connectivity index (χ0n) is 19.1. The van der Waals surface area contributed by atoms with Crippen LogP contribution in [0.2, 0.25) is 0 Å². The Kier molecular flexibility index (Phi) is 9.66. The van der Waals surface area contributed by atoms with Crippen LogP contribution in [-0.4, -0.2) is 45.4 Å². The fourth-order valence-electron chi connectivity index (χ4n) is 3.57. The summed E-state index contributed by atoms with van der Waals surface area (Å²) < 4.78 is 0. The molecule has 0 spiro atoms. The Morgan fingerprint density at radius 1 is 0.459 bits per heavy atom. The van der Waals surface area contributed by atoms with E-state index < -0.39 is 0 Å². The average molecular weight is 633 g/mol. The van der Waals surface area contributed by atoms with E-state index in [1.165, 1.54) is 0 Å². The van der Waals surface area contributed by atoms with Gasteiger partial charge in [-0.2, -0.15) is 0 Å². The fourth-order valence-corrected chi connectivity index (χ4v) is 3.90. The number of aliphatic hydroxyl groups is 3. The van der Waals surface area contributed by atoms with Crippen LogP contribution in [-0.2, 0) is 19.5 Å². The van der Waals surface area contributed by atoms with E-state index in [-0.39, 0.29) is 34.6 Å². The Balaban J connectivity index is 0.000000152. The quantitative estimate of drug-likeness (QED) is 0.0910. The van der Waals surface area contributed by atoms with E-state index in [9.17, 15) is 0 Å². The van der Waals surface area contributed by atoms with Crippen molar-refractivity contribution < 1.29 is 34.8 Å². The molecule has 0 aliphatic heterocycles. The number of hydrogen-bond acceptors (Lipinski definition) is 3. The van der Waals surface area contributed by atoms with Gasteiger partial charge in [0.05, 0.1) is 17.1 Å². The Morgan fingerprint density at radius 2 is 0.703 bits per heavy atom. The number of para-hydroxylation sites is 3. The molecule has 188 valence electrons. The molecule has 3 aromatic heterocycles. The summed E-state index contributed by atoms with van der Waals surface area (Å²) in [4.78, 5) is 9.01. The standard InChI is InChI=1S/3C9H7NOS.Ru/c3*11-9(12)8-5-6-3-1-2-4-7(6)10-8;/h3*1-5,10H,(H,11,12);. The monoisotopic (exact) mass is 633 g/mol. The Bertz CT molecular complexity index is 1410. The maximum Gasteiger partial charge on any atom is 0.205 e. The van der Waals surface area contributed by atoms with Crippen LogP contribution in [0.5, 0.6) is 0 Å². The summed E-state index contributed by atoms with van der Waals surface area (Å²) in [5.74, 6) is 0. The molecule has 0 aliphatic rings. The largest absolute Gasteiger partial charge is 0.497 e. The first-order valence-corrected chi connectivity index (χ1v) is 12.0. The van der Waals surface area contributed by atoms with Gasteiger partial charge in [-0.05, 0) is 73.1 Å². The van der Waals surface area contributed by atoms with E-state index in [0.29, 0.717) is 17.1 Å². The molecule has 3 heterocycles. The third-order valence-electron chi connectivity index (χ3n) is 5.28. The number of hydrogen-bond donors (Lipinski definition) is 6. The number of benzene rings is 3. The first-order valence-electron chi connectivity index (χ1n) is 10.7. The summed E-state index contributed by atoms with van der Waals surface area (Å²) in [6.07, 6.45) is 0. The molecule has 0 saturated heterocycles. The molecule has 37 heavy (non-hydrogen) atoms. The van der Waals surface area contributed by atoms with E-state index in [4.69, 9.17) is 15.3 Å². The van der Waals surface area contributed by atoms with Gasteiger partial charge in [0.1, 0.15) is 0 Å². The van der Waals surface area contributed by atoms with Crippen molar-refractivity contribution in [1.29, 1.82) is 0 Å². The molecule has 0 bridgehead atoms. The van der Waals surface area contributed by atoms with Crippen LogP contribution in [0.3, 0.4) is 0 Å². The number of fused-ring (bicyclic) bond motifs is 3. The summed E-state index contributed by atoms with van der Waals surface area (Å²) in [7, 11) is 0. The van der Waals surface area contributed by atoms with Crippen LogP contribution in [0, 0.1) is 0 Å². The fraction of sp³-hybridized carbons (Fsp3) is 0. The van der Waals surface area contributed by atoms with Crippen LogP contribution in [0.1, 0.15) is 17.1 Å². The van der Waals surface area contributed by atoms with Crippen molar-refractivity contribution in [3.63, 3.8) is 0 Å². The van der Waals surface area contributed by atoms with E-state index in [1.54, 1.807) is 0 Å². The van der Waals surface area contributed by atoms with E-state index in [2.05, 4.69) is 51.6 Å². The van der Waals surface area contributed by atoms with Gasteiger partial charge in [-0.15, -0.1) is 0 Å². The number of rotatable bonds is 3. The molecule has 6 nitrogen and oxygen atoms in total. The van der Waals surface area contributed by atoms with Gasteiger partial charge in [-0.1, -0.05) is 54.6 Å². The molecule has 0 radical (unpaired) electrons. The SMILES string of the molecule is OC(=S)c1cc2ccccc2[nH]1.OC(=S)c1cc2ccccc2[nH]1.OC(=S)c1cc2ccccc2[nH]1.[Ru]. The second kappa shape index (κ2) is 12.7. The minimum absolute atomic E-state index is 0. The zero-order valence-corrected chi connectivity index (χ0v) is 23.3. The summed E-state index contributed by atoms with van der Waals surface area (Å²) in [5, 5.41) is 30.0. The first kappa shape index (κ1) is 28.1. The summed E-state index contributed by atoms with van der Waals surface area (Å²) in [6, 6.07) is 28.9. The van der Waals surface area contributed by atoms with E-state index in [1.807, 2.05) is 91.0 Å². The summed E-state index contributed by atoms with van der Waals surface area (Å²) in [6.45, 7) is 0. The van der Waals surface area contributed by atoms with Crippen molar-refractivity contribution >= 4 is 84.5 Å². The molecule has 0 saturated carbocycles. The topological polar surface area (TPSA) is 108 Å². The molecule has 6 rings (SSSR count). The van der Waals surface area contributed by atoms with Gasteiger partial charge in [0.15, 0.2) is 0 Å². The predicted molar refractivity (Wildman–Crippen MR) is 158 cm³/mol. The second-order valence-corrected chi connectivity index (χ2v) is 8.89. The molecule has 0 aliphatic carbocycles. The maximum absolute atomic E-state index is 9.02. The molecular weight excluding hydrogens is 612 g/mol. The zero-order chi connectivity index (χ0) is 25.7. The Morgan fingerprint density at radius 3 is 0.919 bits per heavy atom. The molecule has 6 aromatic rings. The van der Waals surface area contributed by atoms with Crippen LogP contribution in [0.4, 0.5) is 0 Å². The van der Waals surface area contributed by atoms with E-state index in [0.717, 1.165) is 32.7 Å². The van der Waals surface area contributed by atoms with Gasteiger partial charge < -0.3 is 30.3 Å².